The first kappa shape index (κ1) is 18.4. The van der Waals surface area contributed by atoms with Crippen LogP contribution in [0.2, 0.25) is 0 Å². The molecule has 0 radical (unpaired) electrons. The second-order valence-corrected chi connectivity index (χ2v) is 6.26. The van der Waals surface area contributed by atoms with E-state index in [-0.39, 0.29) is 18.5 Å². The summed E-state index contributed by atoms with van der Waals surface area (Å²) in [5.74, 6) is -0.389. The average Bonchev–Trinajstić information content (AvgIpc) is 3.02. The van der Waals surface area contributed by atoms with Crippen LogP contribution < -0.4 is 10.2 Å². The van der Waals surface area contributed by atoms with Crippen LogP contribution in [0, 0.1) is 5.82 Å². The summed E-state index contributed by atoms with van der Waals surface area (Å²) in [6.07, 6.45) is -0.106. The fraction of sp³-hybridized carbons (Fsp3) is 0.350. The van der Waals surface area contributed by atoms with Crippen LogP contribution in [0.4, 0.5) is 14.9 Å². The predicted molar refractivity (Wildman–Crippen MR) is 98.8 cm³/mol. The van der Waals surface area contributed by atoms with E-state index in [1.165, 1.54) is 11.0 Å². The number of carbonyl (C=O) groups is 1. The molecule has 138 valence electrons. The molecule has 1 aliphatic heterocycles. The van der Waals surface area contributed by atoms with Crippen molar-refractivity contribution in [3.63, 3.8) is 0 Å². The molecule has 0 saturated carbocycles. The summed E-state index contributed by atoms with van der Waals surface area (Å²) in [4.78, 5) is 13.5. The van der Waals surface area contributed by atoms with E-state index in [4.69, 9.17) is 9.84 Å². The molecule has 0 unspecified atom stereocenters. The molecule has 1 fully saturated rings. The van der Waals surface area contributed by atoms with E-state index in [1.54, 1.807) is 12.1 Å². The lowest BCUT2D eigenvalue weighted by Crippen LogP contribution is -2.30. The van der Waals surface area contributed by atoms with E-state index >= 15 is 0 Å². The quantitative estimate of drug-likeness (QED) is 0.799. The molecule has 1 atom stereocenters. The zero-order chi connectivity index (χ0) is 18.5. The van der Waals surface area contributed by atoms with Gasteiger partial charge in [0, 0.05) is 18.7 Å². The number of benzene rings is 2. The minimum Gasteiger partial charge on any atom is -0.443 e. The molecule has 0 aromatic heterocycles. The Morgan fingerprint density at radius 3 is 2.69 bits per heavy atom. The Morgan fingerprint density at radius 1 is 1.27 bits per heavy atom. The third kappa shape index (κ3) is 4.03. The standard InChI is InChI=1S/C20H23FN2O3/c1-2-22-12-17-13-23(20(25)26-17)16-7-8-18(19(21)11-16)15-5-3-14(4-6-15)9-10-24/h3-8,11,17,22,24H,2,9-10,12-13H2,1H3/t17-/m0/s1. The zero-order valence-corrected chi connectivity index (χ0v) is 14.7. The van der Waals surface area contributed by atoms with Crippen molar-refractivity contribution < 1.29 is 19.0 Å². The molecule has 1 amide bonds. The van der Waals surface area contributed by atoms with Gasteiger partial charge in [-0.2, -0.15) is 0 Å². The van der Waals surface area contributed by atoms with E-state index in [9.17, 15) is 9.18 Å². The average molecular weight is 358 g/mol. The van der Waals surface area contributed by atoms with Gasteiger partial charge in [0.05, 0.1) is 12.2 Å². The lowest BCUT2D eigenvalue weighted by Gasteiger charge is -2.14. The van der Waals surface area contributed by atoms with Gasteiger partial charge < -0.3 is 15.2 Å². The van der Waals surface area contributed by atoms with Crippen molar-refractivity contribution in [3.8, 4) is 11.1 Å². The molecule has 0 spiro atoms. The van der Waals surface area contributed by atoms with E-state index in [0.29, 0.717) is 30.8 Å². The maximum absolute atomic E-state index is 14.6. The van der Waals surface area contributed by atoms with Gasteiger partial charge in [0.25, 0.3) is 0 Å². The number of ether oxygens (including phenoxy) is 1. The van der Waals surface area contributed by atoms with Gasteiger partial charge in [-0.05, 0) is 42.3 Å². The van der Waals surface area contributed by atoms with Crippen LogP contribution in [-0.4, -0.2) is 43.5 Å². The predicted octanol–water partition coefficient (Wildman–Crippen LogP) is 2.96. The van der Waals surface area contributed by atoms with Crippen molar-refractivity contribution in [1.82, 2.24) is 5.32 Å². The van der Waals surface area contributed by atoms with E-state index in [1.807, 2.05) is 31.2 Å². The molecule has 1 aliphatic rings. The third-order valence-corrected chi connectivity index (χ3v) is 4.43. The number of rotatable bonds is 7. The van der Waals surface area contributed by atoms with Gasteiger partial charge in [0.15, 0.2) is 0 Å². The number of hydrogen-bond acceptors (Lipinski definition) is 4. The molecule has 5 nitrogen and oxygen atoms in total. The highest BCUT2D eigenvalue weighted by Crippen LogP contribution is 2.29. The lowest BCUT2D eigenvalue weighted by molar-refractivity contribution is 0.140. The molecule has 26 heavy (non-hydrogen) atoms. The molecule has 2 aromatic rings. The Kier molecular flexibility index (Phi) is 5.85. The maximum atomic E-state index is 14.6. The van der Waals surface area contributed by atoms with Gasteiger partial charge >= 0.3 is 6.09 Å². The smallest absolute Gasteiger partial charge is 0.414 e. The number of carbonyl (C=O) groups excluding carboxylic acids is 1. The Bertz CT molecular complexity index is 764. The van der Waals surface area contributed by atoms with Crippen LogP contribution in [-0.2, 0) is 11.2 Å². The first-order chi connectivity index (χ1) is 12.6. The van der Waals surface area contributed by atoms with Crippen LogP contribution in [0.1, 0.15) is 12.5 Å². The van der Waals surface area contributed by atoms with E-state index in [0.717, 1.165) is 17.7 Å². The topological polar surface area (TPSA) is 61.8 Å². The summed E-state index contributed by atoms with van der Waals surface area (Å²) >= 11 is 0. The molecule has 0 aliphatic carbocycles. The molecule has 0 bridgehead atoms. The van der Waals surface area contributed by atoms with Crippen LogP contribution >= 0.6 is 0 Å². The second-order valence-electron chi connectivity index (χ2n) is 6.26. The monoisotopic (exact) mass is 358 g/mol. The number of aliphatic hydroxyl groups is 1. The number of likely N-dealkylation sites (N-methyl/N-ethyl adjacent to an activating group) is 1. The fourth-order valence-corrected chi connectivity index (χ4v) is 3.03. The van der Waals surface area contributed by atoms with Gasteiger partial charge in [0.2, 0.25) is 0 Å². The SMILES string of the molecule is CCNC[C@H]1CN(c2ccc(-c3ccc(CCO)cc3)c(F)c2)C(=O)O1. The normalized spacial score (nSPS) is 16.8. The highest BCUT2D eigenvalue weighted by Gasteiger charge is 2.32. The number of halogens is 1. The van der Waals surface area contributed by atoms with Crippen molar-refractivity contribution >= 4 is 11.8 Å². The fourth-order valence-electron chi connectivity index (χ4n) is 3.03. The summed E-state index contributed by atoms with van der Waals surface area (Å²) in [6.45, 7) is 3.86. The molecule has 2 aromatic carbocycles. The highest BCUT2D eigenvalue weighted by molar-refractivity contribution is 5.90. The second kappa shape index (κ2) is 8.29. The molecular weight excluding hydrogens is 335 g/mol. The summed E-state index contributed by atoms with van der Waals surface area (Å²) in [7, 11) is 0. The minimum absolute atomic E-state index is 0.0864. The molecule has 3 rings (SSSR count). The Hall–Kier alpha value is -2.44. The summed E-state index contributed by atoms with van der Waals surface area (Å²) < 4.78 is 19.9. The summed E-state index contributed by atoms with van der Waals surface area (Å²) in [5, 5.41) is 12.1. The van der Waals surface area contributed by atoms with E-state index < -0.39 is 6.09 Å². The van der Waals surface area contributed by atoms with Gasteiger partial charge in [-0.1, -0.05) is 31.2 Å². The van der Waals surface area contributed by atoms with E-state index in [2.05, 4.69) is 5.32 Å². The third-order valence-electron chi connectivity index (χ3n) is 4.43. The number of nitrogens with zero attached hydrogens (tertiary/aromatic N) is 1. The maximum Gasteiger partial charge on any atom is 0.414 e. The Labute approximate surface area is 152 Å². The van der Waals surface area contributed by atoms with Gasteiger partial charge in [-0.3, -0.25) is 4.90 Å². The Morgan fingerprint density at radius 2 is 2.04 bits per heavy atom. The Balaban J connectivity index is 1.76. The number of hydrogen-bond donors (Lipinski definition) is 2. The van der Waals surface area contributed by atoms with Crippen LogP contribution in [0.5, 0.6) is 0 Å². The number of amides is 1. The van der Waals surface area contributed by atoms with Crippen LogP contribution in [0.15, 0.2) is 42.5 Å². The van der Waals surface area contributed by atoms with Crippen molar-refractivity contribution in [2.75, 3.05) is 31.1 Å². The molecule has 1 saturated heterocycles. The number of cyclic esters (lactones) is 1. The van der Waals surface area contributed by atoms with Gasteiger partial charge in [-0.15, -0.1) is 0 Å². The number of aliphatic hydroxyl groups excluding tert-OH is 1. The van der Waals surface area contributed by atoms with Crippen molar-refractivity contribution in [3.05, 3.63) is 53.8 Å². The van der Waals surface area contributed by atoms with Gasteiger partial charge in [-0.25, -0.2) is 9.18 Å². The largest absolute Gasteiger partial charge is 0.443 e. The summed E-state index contributed by atoms with van der Waals surface area (Å²) in [6, 6.07) is 12.2. The molecule has 2 N–H and O–H groups in total. The molecule has 6 heteroatoms. The molecular formula is C20H23FN2O3. The van der Waals surface area contributed by atoms with Crippen LogP contribution in [0.25, 0.3) is 11.1 Å². The van der Waals surface area contributed by atoms with Gasteiger partial charge in [0.1, 0.15) is 11.9 Å². The first-order valence-corrected chi connectivity index (χ1v) is 8.81. The first-order valence-electron chi connectivity index (χ1n) is 8.81. The minimum atomic E-state index is -0.451. The highest BCUT2D eigenvalue weighted by atomic mass is 19.1. The van der Waals surface area contributed by atoms with Crippen molar-refractivity contribution in [1.29, 1.82) is 0 Å². The van der Waals surface area contributed by atoms with Crippen molar-refractivity contribution in [2.45, 2.75) is 19.4 Å². The summed E-state index contributed by atoms with van der Waals surface area (Å²) in [5.41, 5.74) is 2.72. The van der Waals surface area contributed by atoms with Crippen LogP contribution in [0.3, 0.4) is 0 Å². The number of nitrogens with one attached hydrogen (secondary N) is 1. The number of anilines is 1. The molecule has 1 heterocycles. The lowest BCUT2D eigenvalue weighted by atomic mass is 10.0. The van der Waals surface area contributed by atoms with Crippen molar-refractivity contribution in [2.24, 2.45) is 0 Å². The zero-order valence-electron chi connectivity index (χ0n) is 14.7.